The molecular weight excluding hydrogens is 268 g/mol. The minimum atomic E-state index is 0.750. The van der Waals surface area contributed by atoms with E-state index in [1.807, 2.05) is 32.9 Å². The Bertz CT molecular complexity index is 430. The fourth-order valence-corrected chi connectivity index (χ4v) is 1.21. The maximum atomic E-state index is 8.81. The third kappa shape index (κ3) is 16.2. The molecule has 0 aliphatic carbocycles. The molecule has 0 bridgehead atoms. The highest BCUT2D eigenvalue weighted by Crippen LogP contribution is 2.04. The lowest BCUT2D eigenvalue weighted by molar-refractivity contribution is -0.106. The SMILES string of the molecule is C=C/C(C)=C(C)\C=C/C.CC.CC=O.Cc1ccccc1C. The molecule has 0 atom stereocenters. The van der Waals surface area contributed by atoms with Gasteiger partial charge in [0.25, 0.3) is 0 Å². The molecule has 0 amide bonds. The predicted molar refractivity (Wildman–Crippen MR) is 102 cm³/mol. The first-order valence-electron chi connectivity index (χ1n) is 7.79. The topological polar surface area (TPSA) is 17.1 Å². The van der Waals surface area contributed by atoms with Crippen LogP contribution in [0.25, 0.3) is 0 Å². The molecule has 0 fully saturated rings. The van der Waals surface area contributed by atoms with Crippen LogP contribution in [0.1, 0.15) is 52.7 Å². The van der Waals surface area contributed by atoms with Gasteiger partial charge in [-0.1, -0.05) is 62.9 Å². The van der Waals surface area contributed by atoms with E-state index >= 15 is 0 Å². The Balaban J connectivity index is -0.000000255. The number of aryl methyl sites for hydroxylation is 2. The summed E-state index contributed by atoms with van der Waals surface area (Å²) in [7, 11) is 0. The van der Waals surface area contributed by atoms with Gasteiger partial charge in [-0.15, -0.1) is 0 Å². The van der Waals surface area contributed by atoms with E-state index in [0.29, 0.717) is 0 Å². The van der Waals surface area contributed by atoms with Gasteiger partial charge in [-0.2, -0.15) is 0 Å². The largest absolute Gasteiger partial charge is 0.304 e. The molecule has 0 aliphatic rings. The Morgan fingerprint density at radius 3 is 1.55 bits per heavy atom. The zero-order valence-electron chi connectivity index (χ0n) is 15.7. The molecule has 0 saturated heterocycles. The zero-order valence-corrected chi connectivity index (χ0v) is 15.7. The fourth-order valence-electron chi connectivity index (χ4n) is 1.21. The number of allylic oxidation sites excluding steroid dienone is 5. The first kappa shape index (κ1) is 25.1. The van der Waals surface area contributed by atoms with Crippen molar-refractivity contribution in [2.75, 3.05) is 0 Å². The zero-order chi connectivity index (χ0) is 18.0. The molecule has 22 heavy (non-hydrogen) atoms. The quantitative estimate of drug-likeness (QED) is 0.443. The lowest BCUT2D eigenvalue weighted by Crippen LogP contribution is -1.74. The van der Waals surface area contributed by atoms with Crippen LogP contribution in [-0.2, 0) is 4.79 Å². The van der Waals surface area contributed by atoms with Crippen LogP contribution in [0, 0.1) is 13.8 Å². The first-order valence-corrected chi connectivity index (χ1v) is 7.79. The van der Waals surface area contributed by atoms with Crippen molar-refractivity contribution in [2.24, 2.45) is 0 Å². The van der Waals surface area contributed by atoms with E-state index < -0.39 is 0 Å². The molecular formula is C21H34O. The maximum Gasteiger partial charge on any atom is 0.116 e. The molecule has 0 spiro atoms. The van der Waals surface area contributed by atoms with Gasteiger partial charge in [0.05, 0.1) is 0 Å². The summed E-state index contributed by atoms with van der Waals surface area (Å²) in [6.45, 7) is 19.5. The molecule has 0 N–H and O–H groups in total. The number of aldehydes is 1. The summed E-state index contributed by atoms with van der Waals surface area (Å²) in [6.07, 6.45) is 6.73. The normalized spacial score (nSPS) is 9.82. The van der Waals surface area contributed by atoms with E-state index in [9.17, 15) is 0 Å². The van der Waals surface area contributed by atoms with Crippen LogP contribution in [0.2, 0.25) is 0 Å². The summed E-state index contributed by atoms with van der Waals surface area (Å²) in [5.41, 5.74) is 5.26. The third-order valence-corrected chi connectivity index (χ3v) is 2.77. The first-order chi connectivity index (χ1) is 10.4. The van der Waals surface area contributed by atoms with Crippen LogP contribution in [0.5, 0.6) is 0 Å². The van der Waals surface area contributed by atoms with Gasteiger partial charge in [-0.3, -0.25) is 0 Å². The Hall–Kier alpha value is -1.89. The van der Waals surface area contributed by atoms with Crippen molar-refractivity contribution in [1.82, 2.24) is 0 Å². The fraction of sp³-hybridized carbons (Fsp3) is 0.381. The van der Waals surface area contributed by atoms with E-state index in [2.05, 4.69) is 64.6 Å². The van der Waals surface area contributed by atoms with Gasteiger partial charge in [-0.05, 0) is 63.8 Å². The number of hydrogen-bond donors (Lipinski definition) is 0. The Labute approximate surface area is 138 Å². The second-order valence-electron chi connectivity index (χ2n) is 4.39. The molecule has 1 aromatic rings. The van der Waals surface area contributed by atoms with Gasteiger partial charge >= 0.3 is 0 Å². The summed E-state index contributed by atoms with van der Waals surface area (Å²) in [4.78, 5) is 8.81. The Kier molecular flexibility index (Phi) is 21.8. The highest BCUT2D eigenvalue weighted by molar-refractivity contribution is 5.44. The van der Waals surface area contributed by atoms with Crippen LogP contribution < -0.4 is 0 Å². The molecule has 1 aromatic carbocycles. The number of rotatable bonds is 2. The molecule has 124 valence electrons. The molecule has 1 nitrogen and oxygen atoms in total. The van der Waals surface area contributed by atoms with Crippen molar-refractivity contribution in [3.8, 4) is 0 Å². The second-order valence-corrected chi connectivity index (χ2v) is 4.39. The molecule has 0 aliphatic heterocycles. The Morgan fingerprint density at radius 2 is 1.32 bits per heavy atom. The van der Waals surface area contributed by atoms with Gasteiger partial charge < -0.3 is 4.79 Å². The van der Waals surface area contributed by atoms with E-state index in [1.165, 1.54) is 29.2 Å². The van der Waals surface area contributed by atoms with Crippen molar-refractivity contribution in [3.63, 3.8) is 0 Å². The van der Waals surface area contributed by atoms with Crippen molar-refractivity contribution in [3.05, 3.63) is 71.3 Å². The molecule has 0 radical (unpaired) electrons. The van der Waals surface area contributed by atoms with Gasteiger partial charge in [0.2, 0.25) is 0 Å². The Morgan fingerprint density at radius 1 is 0.955 bits per heavy atom. The van der Waals surface area contributed by atoms with E-state index in [0.717, 1.165) is 6.29 Å². The maximum absolute atomic E-state index is 8.81. The summed E-state index contributed by atoms with van der Waals surface area (Å²) in [5.74, 6) is 0. The standard InChI is InChI=1S/C9H14.C8H10.C2H4O.C2H6/c1-5-7-9(4)8(3)6-2;1-7-5-3-4-6-8(7)2;1-2-3;1-2/h5-7H,2H2,1,3-4H3;3-6H,1-2H3;2H,1H3;1-2H3/b7-5-,9-8-;;;. The second kappa shape index (κ2) is 19.1. The molecule has 0 saturated carbocycles. The summed E-state index contributed by atoms with van der Waals surface area (Å²) >= 11 is 0. The number of carbonyl (C=O) groups is 1. The van der Waals surface area contributed by atoms with Gasteiger partial charge in [0.15, 0.2) is 0 Å². The summed E-state index contributed by atoms with van der Waals surface area (Å²) in [5, 5.41) is 0. The minimum Gasteiger partial charge on any atom is -0.304 e. The lowest BCUT2D eigenvalue weighted by atomic mass is 10.1. The molecule has 1 heteroatoms. The monoisotopic (exact) mass is 302 g/mol. The predicted octanol–water partition coefficient (Wildman–Crippen LogP) is 6.62. The molecule has 0 unspecified atom stereocenters. The van der Waals surface area contributed by atoms with Crippen LogP contribution >= 0.6 is 0 Å². The van der Waals surface area contributed by atoms with E-state index in [1.54, 1.807) is 0 Å². The van der Waals surface area contributed by atoms with E-state index in [-0.39, 0.29) is 0 Å². The summed E-state index contributed by atoms with van der Waals surface area (Å²) in [6, 6.07) is 8.36. The van der Waals surface area contributed by atoms with Gasteiger partial charge in [0, 0.05) is 0 Å². The van der Waals surface area contributed by atoms with Crippen molar-refractivity contribution in [1.29, 1.82) is 0 Å². The third-order valence-electron chi connectivity index (χ3n) is 2.77. The van der Waals surface area contributed by atoms with Crippen LogP contribution in [0.3, 0.4) is 0 Å². The smallest absolute Gasteiger partial charge is 0.116 e. The molecule has 1 rings (SSSR count). The molecule has 0 heterocycles. The van der Waals surface area contributed by atoms with E-state index in [4.69, 9.17) is 4.79 Å². The van der Waals surface area contributed by atoms with Crippen molar-refractivity contribution in [2.45, 2.75) is 55.4 Å². The highest BCUT2D eigenvalue weighted by atomic mass is 16.1. The van der Waals surface area contributed by atoms with Crippen LogP contribution in [-0.4, -0.2) is 6.29 Å². The number of hydrogen-bond acceptors (Lipinski definition) is 1. The minimum absolute atomic E-state index is 0.750. The van der Waals surface area contributed by atoms with Crippen LogP contribution in [0.15, 0.2) is 60.2 Å². The highest BCUT2D eigenvalue weighted by Gasteiger charge is 1.84. The van der Waals surface area contributed by atoms with Crippen LogP contribution in [0.4, 0.5) is 0 Å². The van der Waals surface area contributed by atoms with Gasteiger partial charge in [0.1, 0.15) is 6.29 Å². The lowest BCUT2D eigenvalue weighted by Gasteiger charge is -1.93. The number of benzene rings is 1. The summed E-state index contributed by atoms with van der Waals surface area (Å²) < 4.78 is 0. The van der Waals surface area contributed by atoms with Crippen molar-refractivity contribution < 1.29 is 4.79 Å². The van der Waals surface area contributed by atoms with Crippen molar-refractivity contribution >= 4 is 6.29 Å². The molecule has 0 aromatic heterocycles. The average molecular weight is 303 g/mol. The van der Waals surface area contributed by atoms with Gasteiger partial charge in [-0.25, -0.2) is 0 Å². The average Bonchev–Trinajstić information content (AvgIpc) is 2.53. The number of carbonyl (C=O) groups excluding carboxylic acids is 1.